The number of fused-ring (bicyclic) bond motifs is 1. The first kappa shape index (κ1) is 22.0. The van der Waals surface area contributed by atoms with Gasteiger partial charge in [0, 0.05) is 57.0 Å². The van der Waals surface area contributed by atoms with Crippen LogP contribution in [0.3, 0.4) is 0 Å². The Morgan fingerprint density at radius 1 is 1.11 bits per heavy atom. The molecule has 1 heterocycles. The van der Waals surface area contributed by atoms with Crippen molar-refractivity contribution < 1.29 is 4.39 Å². The third-order valence-corrected chi connectivity index (χ3v) is 4.55. The summed E-state index contributed by atoms with van der Waals surface area (Å²) >= 11 is 0. The number of aliphatic imine (C=N–C) groups is 1. The Kier molecular flexibility index (Phi) is 8.10. The van der Waals surface area contributed by atoms with Gasteiger partial charge in [0.05, 0.1) is 0 Å². The summed E-state index contributed by atoms with van der Waals surface area (Å²) in [5, 5.41) is 7.71. The summed E-state index contributed by atoms with van der Waals surface area (Å²) in [6.45, 7) is 1.45. The maximum Gasteiger partial charge on any atom is 0.191 e. The number of nitrogens with zero attached hydrogens (tertiary/aromatic N) is 2. The third-order valence-electron chi connectivity index (χ3n) is 4.55. The summed E-state index contributed by atoms with van der Waals surface area (Å²) in [5.41, 5.74) is 4.36. The van der Waals surface area contributed by atoms with Gasteiger partial charge in [-0.05, 0) is 47.9 Å². The van der Waals surface area contributed by atoms with Gasteiger partial charge in [0.1, 0.15) is 5.82 Å². The largest absolute Gasteiger partial charge is 0.378 e. The lowest BCUT2D eigenvalue weighted by atomic mass is 10.1. The Hall–Kier alpha value is -2.29. The number of benzene rings is 2. The van der Waals surface area contributed by atoms with Crippen molar-refractivity contribution in [2.24, 2.45) is 4.99 Å². The quantitative estimate of drug-likeness (QED) is 0.276. The molecule has 0 atom stereocenters. The first-order chi connectivity index (χ1) is 13.1. The van der Waals surface area contributed by atoms with Crippen LogP contribution >= 0.6 is 24.0 Å². The molecule has 0 radical (unpaired) electrons. The molecule has 3 aromatic rings. The predicted octanol–water partition coefficient (Wildman–Crippen LogP) is 3.90. The van der Waals surface area contributed by atoms with Gasteiger partial charge in [-0.1, -0.05) is 12.1 Å². The Morgan fingerprint density at radius 2 is 1.86 bits per heavy atom. The van der Waals surface area contributed by atoms with Gasteiger partial charge in [-0.25, -0.2) is 4.39 Å². The topological polar surface area (TPSA) is 55.5 Å². The van der Waals surface area contributed by atoms with E-state index >= 15 is 0 Å². The molecule has 0 unspecified atom stereocenters. The van der Waals surface area contributed by atoms with E-state index < -0.39 is 0 Å². The Balaban J connectivity index is 0.00000280. The molecule has 5 nitrogen and oxygen atoms in total. The second-order valence-corrected chi connectivity index (χ2v) is 6.67. The first-order valence-corrected chi connectivity index (χ1v) is 9.03. The smallest absolute Gasteiger partial charge is 0.191 e. The number of hydrogen-bond donors (Lipinski definition) is 3. The summed E-state index contributed by atoms with van der Waals surface area (Å²) < 4.78 is 13.3. The Labute approximate surface area is 182 Å². The number of H-pyrrole nitrogens is 1. The molecule has 3 rings (SSSR count). The standard InChI is InChI=1S/C21H26FN5.HI/c1-23-21(26-13-15-4-7-18(8-5-15)27(2)3)24-11-10-16-14-25-20-12-17(22)6-9-19(16)20;/h4-9,12,14,25H,10-11,13H2,1-3H3,(H2,23,24,26);1H. The zero-order valence-corrected chi connectivity index (χ0v) is 18.8. The number of aromatic amines is 1. The van der Waals surface area contributed by atoms with Crippen LogP contribution in [-0.4, -0.2) is 38.6 Å². The normalized spacial score (nSPS) is 11.2. The maximum absolute atomic E-state index is 13.3. The number of rotatable bonds is 6. The number of guanidine groups is 1. The molecule has 0 spiro atoms. The highest BCUT2D eigenvalue weighted by Gasteiger charge is 2.05. The zero-order chi connectivity index (χ0) is 19.2. The lowest BCUT2D eigenvalue weighted by Crippen LogP contribution is -2.37. The maximum atomic E-state index is 13.3. The molecule has 0 saturated carbocycles. The number of hydrogen-bond acceptors (Lipinski definition) is 2. The van der Waals surface area contributed by atoms with E-state index in [1.165, 1.54) is 23.4 Å². The monoisotopic (exact) mass is 495 g/mol. The van der Waals surface area contributed by atoms with Crippen molar-refractivity contribution in [3.05, 3.63) is 65.6 Å². The first-order valence-electron chi connectivity index (χ1n) is 9.03. The molecule has 28 heavy (non-hydrogen) atoms. The summed E-state index contributed by atoms with van der Waals surface area (Å²) in [7, 11) is 5.82. The number of halogens is 2. The van der Waals surface area contributed by atoms with Crippen molar-refractivity contribution in [3.8, 4) is 0 Å². The van der Waals surface area contributed by atoms with E-state index in [4.69, 9.17) is 0 Å². The van der Waals surface area contributed by atoms with E-state index in [1.54, 1.807) is 7.05 Å². The second kappa shape index (κ2) is 10.3. The van der Waals surface area contributed by atoms with Crippen molar-refractivity contribution in [1.82, 2.24) is 15.6 Å². The highest BCUT2D eigenvalue weighted by Crippen LogP contribution is 2.19. The van der Waals surface area contributed by atoms with Gasteiger partial charge in [-0.2, -0.15) is 0 Å². The molecule has 0 amide bonds. The SMILES string of the molecule is CN=C(NCCc1c[nH]c2cc(F)ccc12)NCc1ccc(N(C)C)cc1.I. The van der Waals surface area contributed by atoms with Crippen molar-refractivity contribution in [2.45, 2.75) is 13.0 Å². The molecule has 0 saturated heterocycles. The van der Waals surface area contributed by atoms with E-state index in [0.29, 0.717) is 6.54 Å². The minimum Gasteiger partial charge on any atom is -0.378 e. The molecule has 2 aromatic carbocycles. The van der Waals surface area contributed by atoms with Gasteiger partial charge in [0.25, 0.3) is 0 Å². The van der Waals surface area contributed by atoms with Crippen molar-refractivity contribution in [1.29, 1.82) is 0 Å². The van der Waals surface area contributed by atoms with Gasteiger partial charge in [-0.3, -0.25) is 4.99 Å². The Morgan fingerprint density at radius 3 is 2.54 bits per heavy atom. The molecular formula is C21H27FIN5. The fourth-order valence-corrected chi connectivity index (χ4v) is 3.00. The van der Waals surface area contributed by atoms with Crippen LogP contribution in [0.15, 0.2) is 53.7 Å². The minimum absolute atomic E-state index is 0. The number of aromatic nitrogens is 1. The highest BCUT2D eigenvalue weighted by molar-refractivity contribution is 14.0. The van der Waals surface area contributed by atoms with Crippen LogP contribution in [0, 0.1) is 5.82 Å². The fourth-order valence-electron chi connectivity index (χ4n) is 3.00. The van der Waals surface area contributed by atoms with Crippen molar-refractivity contribution >= 4 is 46.5 Å². The highest BCUT2D eigenvalue weighted by atomic mass is 127. The van der Waals surface area contributed by atoms with Gasteiger partial charge >= 0.3 is 0 Å². The van der Waals surface area contributed by atoms with Crippen LogP contribution in [0.25, 0.3) is 10.9 Å². The molecule has 3 N–H and O–H groups in total. The molecule has 150 valence electrons. The number of nitrogens with one attached hydrogen (secondary N) is 3. The van der Waals surface area contributed by atoms with Crippen LogP contribution in [0.5, 0.6) is 0 Å². The van der Waals surface area contributed by atoms with Crippen LogP contribution in [0.1, 0.15) is 11.1 Å². The average Bonchev–Trinajstić information content (AvgIpc) is 3.06. The van der Waals surface area contributed by atoms with E-state index in [1.807, 2.05) is 26.4 Å². The zero-order valence-electron chi connectivity index (χ0n) is 16.4. The van der Waals surface area contributed by atoms with E-state index in [9.17, 15) is 4.39 Å². The van der Waals surface area contributed by atoms with E-state index in [0.717, 1.165) is 35.4 Å². The van der Waals surface area contributed by atoms with Crippen LogP contribution in [0.2, 0.25) is 0 Å². The molecule has 0 aliphatic rings. The van der Waals surface area contributed by atoms with E-state index in [-0.39, 0.29) is 29.8 Å². The molecule has 0 bridgehead atoms. The third kappa shape index (κ3) is 5.60. The summed E-state index contributed by atoms with van der Waals surface area (Å²) in [6.07, 6.45) is 2.76. The van der Waals surface area contributed by atoms with Crippen molar-refractivity contribution in [2.75, 3.05) is 32.6 Å². The molecule has 0 aliphatic carbocycles. The summed E-state index contributed by atoms with van der Waals surface area (Å²) in [4.78, 5) is 9.47. The number of anilines is 1. The minimum atomic E-state index is -0.225. The Bertz CT molecular complexity index is 918. The van der Waals surface area contributed by atoms with Gasteiger partial charge in [-0.15, -0.1) is 24.0 Å². The van der Waals surface area contributed by atoms with Gasteiger partial charge < -0.3 is 20.5 Å². The van der Waals surface area contributed by atoms with Crippen molar-refractivity contribution in [3.63, 3.8) is 0 Å². The fraction of sp³-hybridized carbons (Fsp3) is 0.286. The summed E-state index contributed by atoms with van der Waals surface area (Å²) in [5.74, 6) is 0.537. The summed E-state index contributed by atoms with van der Waals surface area (Å²) in [6, 6.07) is 13.3. The molecule has 0 fully saturated rings. The van der Waals surface area contributed by atoms with E-state index in [2.05, 4.69) is 49.8 Å². The van der Waals surface area contributed by atoms with Crippen LogP contribution < -0.4 is 15.5 Å². The average molecular weight is 495 g/mol. The molecule has 7 heteroatoms. The van der Waals surface area contributed by atoms with Crippen LogP contribution in [0.4, 0.5) is 10.1 Å². The van der Waals surface area contributed by atoms with Gasteiger partial charge in [0.2, 0.25) is 0 Å². The lowest BCUT2D eigenvalue weighted by Gasteiger charge is -2.14. The molecule has 0 aliphatic heterocycles. The second-order valence-electron chi connectivity index (χ2n) is 6.67. The van der Waals surface area contributed by atoms with Crippen LogP contribution in [-0.2, 0) is 13.0 Å². The van der Waals surface area contributed by atoms with Gasteiger partial charge in [0.15, 0.2) is 5.96 Å². The molecule has 1 aromatic heterocycles. The predicted molar refractivity (Wildman–Crippen MR) is 126 cm³/mol. The lowest BCUT2D eigenvalue weighted by molar-refractivity contribution is 0.629. The molecular weight excluding hydrogens is 468 g/mol.